The molecule has 0 aliphatic rings. The molecule has 0 aromatic rings. The summed E-state index contributed by atoms with van der Waals surface area (Å²) in [7, 11) is -2.98. The summed E-state index contributed by atoms with van der Waals surface area (Å²) in [6.45, 7) is 1.71. The van der Waals surface area contributed by atoms with Gasteiger partial charge < -0.3 is 5.32 Å². The van der Waals surface area contributed by atoms with E-state index in [2.05, 4.69) is 5.32 Å². The molecule has 0 heterocycles. The number of hydrogen-bond donors (Lipinski definition) is 1. The molecular formula is C6H12ClNO3S. The average Bonchev–Trinajstić information content (AvgIpc) is 2.04. The summed E-state index contributed by atoms with van der Waals surface area (Å²) < 4.78 is 21.8. The van der Waals surface area contributed by atoms with Crippen LogP contribution in [0.25, 0.3) is 0 Å². The number of sulfone groups is 1. The van der Waals surface area contributed by atoms with Crippen LogP contribution in [0.5, 0.6) is 0 Å². The van der Waals surface area contributed by atoms with E-state index in [0.29, 0.717) is 0 Å². The third-order valence-corrected chi connectivity index (χ3v) is 3.24. The maximum Gasteiger partial charge on any atom is 0.234 e. The number of alkyl halides is 1. The summed E-state index contributed by atoms with van der Waals surface area (Å²) >= 11 is 5.17. The minimum absolute atomic E-state index is 0.0217. The lowest BCUT2D eigenvalue weighted by Crippen LogP contribution is -2.30. The third kappa shape index (κ3) is 5.37. The van der Waals surface area contributed by atoms with Crippen molar-refractivity contribution in [1.82, 2.24) is 5.32 Å². The van der Waals surface area contributed by atoms with Crippen LogP contribution in [0.3, 0.4) is 0 Å². The molecule has 0 rings (SSSR count). The second-order valence-corrected chi connectivity index (χ2v) is 4.96. The predicted octanol–water partition coefficient (Wildman–Crippen LogP) is -0.224. The van der Waals surface area contributed by atoms with Crippen LogP contribution in [0.4, 0.5) is 0 Å². The van der Waals surface area contributed by atoms with Crippen molar-refractivity contribution in [3.8, 4) is 0 Å². The fourth-order valence-electron chi connectivity index (χ4n) is 0.538. The van der Waals surface area contributed by atoms with Gasteiger partial charge in [0, 0.05) is 12.3 Å². The molecule has 0 aliphatic heterocycles. The SMILES string of the molecule is CCS(=O)(=O)CCNC(=O)CCl. The number of halogens is 1. The number of carbonyl (C=O) groups is 1. The van der Waals surface area contributed by atoms with Crippen LogP contribution in [0.2, 0.25) is 0 Å². The Morgan fingerprint density at radius 3 is 2.50 bits per heavy atom. The molecule has 0 unspecified atom stereocenters. The molecule has 0 aromatic heterocycles. The standard InChI is InChI=1S/C6H12ClNO3S/c1-2-12(10,11)4-3-8-6(9)5-7/h2-5H2,1H3,(H,8,9). The van der Waals surface area contributed by atoms with Crippen molar-refractivity contribution in [1.29, 1.82) is 0 Å². The van der Waals surface area contributed by atoms with Gasteiger partial charge in [0.2, 0.25) is 5.91 Å². The van der Waals surface area contributed by atoms with Crippen LogP contribution in [0.1, 0.15) is 6.92 Å². The lowest BCUT2D eigenvalue weighted by molar-refractivity contribution is -0.118. The van der Waals surface area contributed by atoms with Crippen molar-refractivity contribution >= 4 is 27.3 Å². The monoisotopic (exact) mass is 213 g/mol. The van der Waals surface area contributed by atoms with E-state index >= 15 is 0 Å². The van der Waals surface area contributed by atoms with Crippen LogP contribution in [-0.2, 0) is 14.6 Å². The maximum absolute atomic E-state index is 10.9. The largest absolute Gasteiger partial charge is 0.354 e. The lowest BCUT2D eigenvalue weighted by atomic mass is 10.6. The van der Waals surface area contributed by atoms with Crippen molar-refractivity contribution in [3.63, 3.8) is 0 Å². The lowest BCUT2D eigenvalue weighted by Gasteiger charge is -2.02. The molecule has 0 spiro atoms. The van der Waals surface area contributed by atoms with Gasteiger partial charge in [0.05, 0.1) is 5.75 Å². The second kappa shape index (κ2) is 5.37. The first kappa shape index (κ1) is 11.7. The van der Waals surface area contributed by atoms with Gasteiger partial charge in [-0.05, 0) is 0 Å². The van der Waals surface area contributed by atoms with Crippen molar-refractivity contribution < 1.29 is 13.2 Å². The minimum Gasteiger partial charge on any atom is -0.354 e. The fourth-order valence-corrected chi connectivity index (χ4v) is 1.33. The first-order valence-electron chi connectivity index (χ1n) is 3.55. The van der Waals surface area contributed by atoms with Gasteiger partial charge in [0.15, 0.2) is 9.84 Å². The van der Waals surface area contributed by atoms with Gasteiger partial charge in [-0.3, -0.25) is 4.79 Å². The van der Waals surface area contributed by atoms with Gasteiger partial charge in [0.25, 0.3) is 0 Å². The predicted molar refractivity (Wildman–Crippen MR) is 48.1 cm³/mol. The van der Waals surface area contributed by atoms with E-state index in [0.717, 1.165) is 0 Å². The molecule has 1 N–H and O–H groups in total. The summed E-state index contributed by atoms with van der Waals surface area (Å²) in [6, 6.07) is 0. The zero-order valence-corrected chi connectivity index (χ0v) is 8.41. The van der Waals surface area contributed by atoms with E-state index in [4.69, 9.17) is 11.6 Å². The van der Waals surface area contributed by atoms with E-state index in [1.165, 1.54) is 0 Å². The van der Waals surface area contributed by atoms with E-state index < -0.39 is 9.84 Å². The molecule has 0 bridgehead atoms. The zero-order chi connectivity index (χ0) is 9.61. The Hall–Kier alpha value is -0.290. The Morgan fingerprint density at radius 2 is 2.08 bits per heavy atom. The summed E-state index contributed by atoms with van der Waals surface area (Å²) in [5, 5.41) is 2.37. The first-order valence-corrected chi connectivity index (χ1v) is 5.90. The first-order chi connectivity index (χ1) is 5.52. The van der Waals surface area contributed by atoms with E-state index in [-0.39, 0.29) is 29.8 Å². The zero-order valence-electron chi connectivity index (χ0n) is 6.84. The number of carbonyl (C=O) groups excluding carboxylic acids is 1. The molecule has 72 valence electrons. The molecule has 0 atom stereocenters. The highest BCUT2D eigenvalue weighted by Crippen LogP contribution is 1.86. The minimum atomic E-state index is -2.98. The normalized spacial score (nSPS) is 11.2. The molecule has 1 amide bonds. The Labute approximate surface area is 77.2 Å². The Bertz CT molecular complexity index is 237. The maximum atomic E-state index is 10.9. The molecular weight excluding hydrogens is 202 g/mol. The highest BCUT2D eigenvalue weighted by atomic mass is 35.5. The molecule has 0 saturated heterocycles. The molecule has 6 heteroatoms. The Balaban J connectivity index is 3.64. The molecule has 0 aromatic carbocycles. The topological polar surface area (TPSA) is 63.2 Å². The molecule has 4 nitrogen and oxygen atoms in total. The summed E-state index contributed by atoms with van der Waals surface area (Å²) in [5.41, 5.74) is 0. The quantitative estimate of drug-likeness (QED) is 0.642. The number of amides is 1. The van der Waals surface area contributed by atoms with Gasteiger partial charge in [-0.2, -0.15) is 0 Å². The second-order valence-electron chi connectivity index (χ2n) is 2.22. The van der Waals surface area contributed by atoms with Crippen molar-refractivity contribution in [2.75, 3.05) is 23.9 Å². The molecule has 0 saturated carbocycles. The van der Waals surface area contributed by atoms with Crippen molar-refractivity contribution in [2.45, 2.75) is 6.92 Å². The Morgan fingerprint density at radius 1 is 1.50 bits per heavy atom. The van der Waals surface area contributed by atoms with Gasteiger partial charge >= 0.3 is 0 Å². The van der Waals surface area contributed by atoms with E-state index in [1.54, 1.807) is 6.92 Å². The van der Waals surface area contributed by atoms with Crippen molar-refractivity contribution in [3.05, 3.63) is 0 Å². The van der Waals surface area contributed by atoms with Crippen LogP contribution in [0.15, 0.2) is 0 Å². The molecule has 0 fully saturated rings. The van der Waals surface area contributed by atoms with Crippen LogP contribution < -0.4 is 5.32 Å². The van der Waals surface area contributed by atoms with Crippen molar-refractivity contribution in [2.24, 2.45) is 0 Å². The molecule has 0 radical (unpaired) electrons. The van der Waals surface area contributed by atoms with Crippen LogP contribution in [0, 0.1) is 0 Å². The number of rotatable bonds is 5. The van der Waals surface area contributed by atoms with Gasteiger partial charge in [-0.15, -0.1) is 11.6 Å². The Kier molecular flexibility index (Phi) is 5.24. The summed E-state index contributed by atoms with van der Waals surface area (Å²) in [4.78, 5) is 10.5. The van der Waals surface area contributed by atoms with Gasteiger partial charge in [-0.25, -0.2) is 8.42 Å². The summed E-state index contributed by atoms with van der Waals surface area (Å²) in [5.74, 6) is -0.398. The van der Waals surface area contributed by atoms with Crippen LogP contribution >= 0.6 is 11.6 Å². The number of hydrogen-bond acceptors (Lipinski definition) is 3. The van der Waals surface area contributed by atoms with E-state index in [9.17, 15) is 13.2 Å². The summed E-state index contributed by atoms with van der Waals surface area (Å²) in [6.07, 6.45) is 0. The van der Waals surface area contributed by atoms with Gasteiger partial charge in [0.1, 0.15) is 5.88 Å². The number of nitrogens with one attached hydrogen (secondary N) is 1. The molecule has 12 heavy (non-hydrogen) atoms. The average molecular weight is 214 g/mol. The van der Waals surface area contributed by atoms with Crippen LogP contribution in [-0.4, -0.2) is 38.3 Å². The van der Waals surface area contributed by atoms with Gasteiger partial charge in [-0.1, -0.05) is 6.92 Å². The smallest absolute Gasteiger partial charge is 0.234 e. The highest BCUT2D eigenvalue weighted by molar-refractivity contribution is 7.91. The van der Waals surface area contributed by atoms with E-state index in [1.807, 2.05) is 0 Å². The fraction of sp³-hybridized carbons (Fsp3) is 0.833. The molecule has 0 aliphatic carbocycles. The highest BCUT2D eigenvalue weighted by Gasteiger charge is 2.07. The third-order valence-electron chi connectivity index (χ3n) is 1.30.